The number of sulfone groups is 1. The van der Waals surface area contributed by atoms with Crippen molar-refractivity contribution in [2.45, 2.75) is 9.79 Å². The maximum absolute atomic E-state index is 12.8. The number of aliphatic imine (C=N–C) groups is 4. The zero-order chi connectivity index (χ0) is 19.9. The molecule has 2 rings (SSSR count). The summed E-state index contributed by atoms with van der Waals surface area (Å²) < 4.78 is 25.6. The summed E-state index contributed by atoms with van der Waals surface area (Å²) in [7, 11) is -4.14. The van der Waals surface area contributed by atoms with Gasteiger partial charge in [0.15, 0.2) is 0 Å². The summed E-state index contributed by atoms with van der Waals surface area (Å²) in [6, 6.07) is 6.60. The third-order valence-electron chi connectivity index (χ3n) is 3.18. The molecule has 0 aliphatic heterocycles. The quantitative estimate of drug-likeness (QED) is 0.552. The smallest absolute Gasteiger partial charge is 0.219 e. The molecule has 0 aromatic heterocycles. The lowest BCUT2D eigenvalue weighted by Crippen LogP contribution is -2.01. The standard InChI is InChI=1S/C16H6N4O6S/c21-7-17-13-3-1-11(5-15(13)19-9-23)27(25,26)12-2-4-14(18-8-22)16(6-12)20-10-24/h1-6H. The van der Waals surface area contributed by atoms with Gasteiger partial charge in [-0.3, -0.25) is 0 Å². The molecule has 0 aliphatic carbocycles. The van der Waals surface area contributed by atoms with Crippen molar-refractivity contribution in [1.82, 2.24) is 0 Å². The van der Waals surface area contributed by atoms with Crippen molar-refractivity contribution in [1.29, 1.82) is 0 Å². The second kappa shape index (κ2) is 8.33. The Balaban J connectivity index is 2.68. The van der Waals surface area contributed by atoms with E-state index in [4.69, 9.17) is 0 Å². The van der Waals surface area contributed by atoms with Gasteiger partial charge in [-0.25, -0.2) is 27.6 Å². The van der Waals surface area contributed by atoms with Crippen LogP contribution in [0.1, 0.15) is 0 Å². The Morgan fingerprint density at radius 1 is 0.556 bits per heavy atom. The van der Waals surface area contributed by atoms with Crippen LogP contribution in [0.25, 0.3) is 0 Å². The molecular formula is C16H6N4O6S. The fourth-order valence-corrected chi connectivity index (χ4v) is 3.34. The first-order valence-electron chi connectivity index (χ1n) is 6.82. The van der Waals surface area contributed by atoms with E-state index in [-0.39, 0.29) is 32.5 Å². The summed E-state index contributed by atoms with van der Waals surface area (Å²) in [5.41, 5.74) is -0.561. The Labute approximate surface area is 151 Å². The lowest BCUT2D eigenvalue weighted by Gasteiger charge is -2.07. The lowest BCUT2D eigenvalue weighted by atomic mass is 10.3. The molecular weight excluding hydrogens is 376 g/mol. The van der Waals surface area contributed by atoms with Crippen molar-refractivity contribution < 1.29 is 27.6 Å². The highest BCUT2D eigenvalue weighted by Crippen LogP contribution is 2.35. The maximum atomic E-state index is 12.8. The molecule has 2 aromatic rings. The van der Waals surface area contributed by atoms with Crippen molar-refractivity contribution in [3.05, 3.63) is 36.4 Å². The molecule has 0 heterocycles. The van der Waals surface area contributed by atoms with Gasteiger partial charge < -0.3 is 0 Å². The number of isocyanates is 4. The molecule has 10 nitrogen and oxygen atoms in total. The summed E-state index contributed by atoms with van der Waals surface area (Å²) in [6.07, 6.45) is 4.98. The summed E-state index contributed by atoms with van der Waals surface area (Å²) in [4.78, 5) is 54.5. The summed E-state index contributed by atoms with van der Waals surface area (Å²) >= 11 is 0. The van der Waals surface area contributed by atoms with Crippen molar-refractivity contribution in [3.63, 3.8) is 0 Å². The van der Waals surface area contributed by atoms with E-state index in [1.807, 2.05) is 0 Å². The second-order valence-corrected chi connectivity index (χ2v) is 6.57. The number of hydrogen-bond acceptors (Lipinski definition) is 10. The predicted octanol–water partition coefficient (Wildman–Crippen LogP) is 2.39. The molecule has 0 saturated heterocycles. The first kappa shape index (κ1) is 19.2. The van der Waals surface area contributed by atoms with Crippen LogP contribution in [-0.2, 0) is 29.0 Å². The number of nitrogens with zero attached hydrogens (tertiary/aromatic N) is 4. The predicted molar refractivity (Wildman–Crippen MR) is 89.5 cm³/mol. The third kappa shape index (κ3) is 4.12. The molecule has 0 atom stereocenters. The van der Waals surface area contributed by atoms with Crippen LogP contribution in [-0.4, -0.2) is 32.7 Å². The number of hydrogen-bond donors (Lipinski definition) is 0. The lowest BCUT2D eigenvalue weighted by molar-refractivity contribution is 0.564. The monoisotopic (exact) mass is 382 g/mol. The highest BCUT2D eigenvalue weighted by Gasteiger charge is 2.21. The molecule has 0 amide bonds. The van der Waals surface area contributed by atoms with E-state index in [2.05, 4.69) is 20.0 Å². The van der Waals surface area contributed by atoms with Crippen molar-refractivity contribution in [2.24, 2.45) is 20.0 Å². The SMILES string of the molecule is O=C=Nc1ccc(S(=O)(=O)c2ccc(N=C=O)c(N=C=O)c2)cc1N=C=O. The molecule has 0 fully saturated rings. The van der Waals surface area contributed by atoms with E-state index in [0.717, 1.165) is 36.4 Å². The van der Waals surface area contributed by atoms with Crippen LogP contribution in [0.15, 0.2) is 66.2 Å². The van der Waals surface area contributed by atoms with Gasteiger partial charge in [0.2, 0.25) is 34.2 Å². The molecule has 0 aliphatic rings. The van der Waals surface area contributed by atoms with Gasteiger partial charge in [0.25, 0.3) is 0 Å². The fourth-order valence-electron chi connectivity index (χ4n) is 2.04. The molecule has 0 bridgehead atoms. The molecule has 0 saturated carbocycles. The second-order valence-electron chi connectivity index (χ2n) is 4.62. The Hall–Kier alpha value is -4.09. The van der Waals surface area contributed by atoms with Crippen molar-refractivity contribution >= 4 is 56.9 Å². The first-order valence-corrected chi connectivity index (χ1v) is 8.31. The van der Waals surface area contributed by atoms with Gasteiger partial charge >= 0.3 is 0 Å². The van der Waals surface area contributed by atoms with Crippen LogP contribution in [0.5, 0.6) is 0 Å². The summed E-state index contributed by atoms with van der Waals surface area (Å²) in [5.74, 6) is 0. The Morgan fingerprint density at radius 3 is 1.22 bits per heavy atom. The van der Waals surface area contributed by atoms with Gasteiger partial charge in [-0.15, -0.1) is 0 Å². The van der Waals surface area contributed by atoms with Crippen LogP contribution in [0, 0.1) is 0 Å². The summed E-state index contributed by atoms with van der Waals surface area (Å²) in [5, 5.41) is 0. The molecule has 27 heavy (non-hydrogen) atoms. The fraction of sp³-hybridized carbons (Fsp3) is 0. The minimum absolute atomic E-state index is 0.0748. The normalized spacial score (nSPS) is 9.78. The van der Waals surface area contributed by atoms with Gasteiger partial charge in [0.05, 0.1) is 9.79 Å². The van der Waals surface area contributed by atoms with E-state index in [1.165, 1.54) is 24.3 Å². The third-order valence-corrected chi connectivity index (χ3v) is 4.93. The zero-order valence-electron chi connectivity index (χ0n) is 13.1. The molecule has 11 heteroatoms. The van der Waals surface area contributed by atoms with Gasteiger partial charge in [-0.05, 0) is 36.4 Å². The molecule has 0 N–H and O–H groups in total. The highest BCUT2D eigenvalue weighted by atomic mass is 32.2. The minimum atomic E-state index is -4.14. The average molecular weight is 382 g/mol. The molecule has 2 aromatic carbocycles. The largest absolute Gasteiger partial charge is 0.240 e. The van der Waals surface area contributed by atoms with E-state index in [0.29, 0.717) is 0 Å². The topological polar surface area (TPSA) is 152 Å². The number of benzene rings is 2. The Bertz CT molecular complexity index is 1120. The van der Waals surface area contributed by atoms with Gasteiger partial charge in [-0.1, -0.05) is 0 Å². The van der Waals surface area contributed by atoms with E-state index >= 15 is 0 Å². The average Bonchev–Trinajstić information content (AvgIpc) is 2.65. The minimum Gasteiger partial charge on any atom is -0.219 e. The molecule has 0 unspecified atom stereocenters. The number of carbonyl (C=O) groups excluding carboxylic acids is 4. The van der Waals surface area contributed by atoms with Crippen LogP contribution in [0.3, 0.4) is 0 Å². The van der Waals surface area contributed by atoms with Gasteiger partial charge in [0, 0.05) is 0 Å². The Kier molecular flexibility index (Phi) is 5.94. The first-order chi connectivity index (χ1) is 13.0. The van der Waals surface area contributed by atoms with E-state index < -0.39 is 9.84 Å². The van der Waals surface area contributed by atoms with Crippen molar-refractivity contribution in [3.8, 4) is 0 Å². The van der Waals surface area contributed by atoms with Crippen LogP contribution < -0.4 is 0 Å². The van der Waals surface area contributed by atoms with E-state index in [1.54, 1.807) is 0 Å². The van der Waals surface area contributed by atoms with E-state index in [9.17, 15) is 27.6 Å². The van der Waals surface area contributed by atoms with Crippen LogP contribution in [0.4, 0.5) is 22.7 Å². The molecule has 0 radical (unpaired) electrons. The maximum Gasteiger partial charge on any atom is 0.240 e. The highest BCUT2D eigenvalue weighted by molar-refractivity contribution is 7.91. The van der Waals surface area contributed by atoms with Crippen LogP contribution >= 0.6 is 0 Å². The van der Waals surface area contributed by atoms with Crippen molar-refractivity contribution in [2.75, 3.05) is 0 Å². The van der Waals surface area contributed by atoms with Gasteiger partial charge in [0.1, 0.15) is 22.7 Å². The summed E-state index contributed by atoms with van der Waals surface area (Å²) in [6.45, 7) is 0. The zero-order valence-corrected chi connectivity index (χ0v) is 13.9. The Morgan fingerprint density at radius 2 is 0.889 bits per heavy atom. The number of rotatable bonds is 6. The molecule has 0 spiro atoms. The van der Waals surface area contributed by atoms with Crippen LogP contribution in [0.2, 0.25) is 0 Å². The molecule has 132 valence electrons. The van der Waals surface area contributed by atoms with Gasteiger partial charge in [-0.2, -0.15) is 20.0 Å².